The van der Waals surface area contributed by atoms with Crippen LogP contribution >= 0.6 is 11.6 Å². The van der Waals surface area contributed by atoms with Crippen molar-refractivity contribution < 1.29 is 9.90 Å². The lowest BCUT2D eigenvalue weighted by Crippen LogP contribution is -2.51. The number of halogens is 1. The molecule has 2 atom stereocenters. The Balaban J connectivity index is 1.48. The van der Waals surface area contributed by atoms with Gasteiger partial charge in [-0.2, -0.15) is 0 Å². The van der Waals surface area contributed by atoms with Crippen molar-refractivity contribution in [3.8, 4) is 11.4 Å². The quantitative estimate of drug-likeness (QED) is 0.400. The molecule has 1 aromatic carbocycles. The molecule has 0 aliphatic heterocycles. The van der Waals surface area contributed by atoms with Gasteiger partial charge >= 0.3 is 5.97 Å². The molecule has 3 N–H and O–H groups in total. The Morgan fingerprint density at radius 2 is 1.88 bits per heavy atom. The molecule has 0 saturated heterocycles. The molecular weight excluding hydrogens is 426 g/mol. The second-order valence-corrected chi connectivity index (χ2v) is 9.31. The molecule has 3 fully saturated rings. The third-order valence-corrected chi connectivity index (χ3v) is 7.36. The number of fused-ring (bicyclic) bond motifs is 5. The lowest BCUT2D eigenvalue weighted by molar-refractivity contribution is -0.148. The fraction of sp³-hybridized carbons (Fsp3) is 0.333. The topological polar surface area (TPSA) is 104 Å². The normalized spacial score (nSPS) is 24.8. The van der Waals surface area contributed by atoms with Gasteiger partial charge in [0.25, 0.3) is 0 Å². The molecule has 0 unspecified atom stereocenters. The van der Waals surface area contributed by atoms with Crippen molar-refractivity contribution in [2.75, 3.05) is 5.32 Å². The second kappa shape index (κ2) is 7.45. The second-order valence-electron chi connectivity index (χ2n) is 8.87. The van der Waals surface area contributed by atoms with E-state index in [-0.39, 0.29) is 12.0 Å². The summed E-state index contributed by atoms with van der Waals surface area (Å²) in [6, 6.07) is 9.54. The van der Waals surface area contributed by atoms with Gasteiger partial charge in [0.1, 0.15) is 11.5 Å². The van der Waals surface area contributed by atoms with Gasteiger partial charge in [0.15, 0.2) is 5.82 Å². The summed E-state index contributed by atoms with van der Waals surface area (Å²) in [6.45, 7) is 0. The Kier molecular flexibility index (Phi) is 4.54. The van der Waals surface area contributed by atoms with Crippen molar-refractivity contribution in [1.82, 2.24) is 19.9 Å². The molecule has 3 aliphatic carbocycles. The number of carbonyl (C=O) groups is 1. The first kappa shape index (κ1) is 19.5. The number of carboxylic acid groups (broad SMARTS) is 1. The molecule has 0 spiro atoms. The lowest BCUT2D eigenvalue weighted by Gasteiger charge is -2.47. The monoisotopic (exact) mass is 447 g/mol. The minimum absolute atomic E-state index is 0.134. The van der Waals surface area contributed by atoms with Gasteiger partial charge in [-0.15, -0.1) is 0 Å². The van der Waals surface area contributed by atoms with E-state index in [1.54, 1.807) is 6.20 Å². The Labute approximate surface area is 189 Å². The summed E-state index contributed by atoms with van der Waals surface area (Å²) in [5, 5.41) is 15.8. The number of aliphatic carboxylic acids is 1. The van der Waals surface area contributed by atoms with Crippen LogP contribution in [0.3, 0.4) is 0 Å². The number of rotatable bonds is 4. The average molecular weight is 448 g/mol. The average Bonchev–Trinajstić information content (AvgIpc) is 3.22. The Morgan fingerprint density at radius 3 is 2.69 bits per heavy atom. The predicted octanol–water partition coefficient (Wildman–Crippen LogP) is 5.13. The first-order valence-electron chi connectivity index (χ1n) is 11.0. The minimum Gasteiger partial charge on any atom is -0.481 e. The highest BCUT2D eigenvalue weighted by Gasteiger charge is 2.47. The van der Waals surface area contributed by atoms with Crippen molar-refractivity contribution in [1.29, 1.82) is 0 Å². The number of aromatic nitrogens is 4. The number of H-pyrrole nitrogens is 1. The Morgan fingerprint density at radius 1 is 1.09 bits per heavy atom. The van der Waals surface area contributed by atoms with Gasteiger partial charge in [0, 0.05) is 34.8 Å². The zero-order chi connectivity index (χ0) is 21.8. The van der Waals surface area contributed by atoms with Crippen molar-refractivity contribution in [3.63, 3.8) is 0 Å². The van der Waals surface area contributed by atoms with Crippen LogP contribution in [0.25, 0.3) is 33.3 Å². The standard InChI is InChI=1S/C24H22ClN5O2/c25-14-9-16-17(11-27-21(16)26-10-14)23-28-18-4-2-1-3-15(18)22(30-23)29-20-13-7-5-12(6-8-13)19(20)24(31)32/h1-4,9-13,19-20H,5-8H2,(H,26,27)(H,31,32)(H,28,29,30)/t12?,13?,19-,20-/m0/s1. The number of carboxylic acids is 1. The molecule has 8 heteroatoms. The zero-order valence-electron chi connectivity index (χ0n) is 17.3. The van der Waals surface area contributed by atoms with E-state index in [4.69, 9.17) is 21.6 Å². The minimum atomic E-state index is -0.715. The molecule has 32 heavy (non-hydrogen) atoms. The van der Waals surface area contributed by atoms with E-state index in [1.807, 2.05) is 36.5 Å². The molecule has 0 amide bonds. The molecule has 7 rings (SSSR count). The molecular formula is C24H22ClN5O2. The number of aromatic amines is 1. The van der Waals surface area contributed by atoms with Gasteiger partial charge in [-0.05, 0) is 55.7 Å². The number of para-hydroxylation sites is 1. The third-order valence-electron chi connectivity index (χ3n) is 7.15. The summed E-state index contributed by atoms with van der Waals surface area (Å²) < 4.78 is 0. The van der Waals surface area contributed by atoms with Crippen LogP contribution < -0.4 is 5.32 Å². The van der Waals surface area contributed by atoms with Crippen LogP contribution in [0.15, 0.2) is 42.7 Å². The van der Waals surface area contributed by atoms with E-state index in [0.717, 1.165) is 47.5 Å². The molecule has 0 radical (unpaired) electrons. The van der Waals surface area contributed by atoms with Crippen molar-refractivity contribution >= 4 is 45.3 Å². The number of anilines is 1. The van der Waals surface area contributed by atoms with Gasteiger partial charge in [0.05, 0.1) is 16.5 Å². The van der Waals surface area contributed by atoms with Crippen LogP contribution in [0.4, 0.5) is 5.82 Å². The van der Waals surface area contributed by atoms with Gasteiger partial charge in [-0.25, -0.2) is 15.0 Å². The highest BCUT2D eigenvalue weighted by Crippen LogP contribution is 2.46. The first-order chi connectivity index (χ1) is 15.6. The van der Waals surface area contributed by atoms with Crippen LogP contribution in [0.1, 0.15) is 25.7 Å². The maximum atomic E-state index is 12.1. The van der Waals surface area contributed by atoms with Crippen molar-refractivity contribution in [3.05, 3.63) is 47.7 Å². The number of hydrogen-bond donors (Lipinski definition) is 3. The highest BCUT2D eigenvalue weighted by molar-refractivity contribution is 6.31. The zero-order valence-corrected chi connectivity index (χ0v) is 18.0. The summed E-state index contributed by atoms with van der Waals surface area (Å²) in [5.41, 5.74) is 2.33. The molecule has 3 aromatic heterocycles. The number of hydrogen-bond acceptors (Lipinski definition) is 5. The Hall–Kier alpha value is -3.19. The van der Waals surface area contributed by atoms with Crippen LogP contribution in [0, 0.1) is 17.8 Å². The van der Waals surface area contributed by atoms with E-state index < -0.39 is 11.9 Å². The smallest absolute Gasteiger partial charge is 0.308 e. The molecule has 3 heterocycles. The first-order valence-corrected chi connectivity index (χ1v) is 11.4. The van der Waals surface area contributed by atoms with Crippen LogP contribution in [-0.4, -0.2) is 37.1 Å². The van der Waals surface area contributed by atoms with E-state index in [1.165, 1.54) is 0 Å². The van der Waals surface area contributed by atoms with Crippen molar-refractivity contribution in [2.45, 2.75) is 31.7 Å². The molecule has 7 nitrogen and oxygen atoms in total. The van der Waals surface area contributed by atoms with E-state index in [2.05, 4.69) is 15.3 Å². The van der Waals surface area contributed by atoms with Gasteiger partial charge in [-0.3, -0.25) is 4.79 Å². The number of nitrogens with one attached hydrogen (secondary N) is 2. The summed E-state index contributed by atoms with van der Waals surface area (Å²) in [4.78, 5) is 29.3. The fourth-order valence-corrected chi connectivity index (χ4v) is 5.80. The van der Waals surface area contributed by atoms with Crippen molar-refractivity contribution in [2.24, 2.45) is 17.8 Å². The van der Waals surface area contributed by atoms with Crippen LogP contribution in [-0.2, 0) is 4.79 Å². The molecule has 2 bridgehead atoms. The predicted molar refractivity (Wildman–Crippen MR) is 124 cm³/mol. The van der Waals surface area contributed by atoms with Gasteiger partial charge in [0.2, 0.25) is 0 Å². The summed E-state index contributed by atoms with van der Waals surface area (Å²) in [5.74, 6) is 0.690. The van der Waals surface area contributed by atoms with Gasteiger partial charge < -0.3 is 15.4 Å². The number of pyridine rings is 1. The number of nitrogens with zero attached hydrogens (tertiary/aromatic N) is 3. The molecule has 3 saturated carbocycles. The van der Waals surface area contributed by atoms with Gasteiger partial charge in [-0.1, -0.05) is 23.7 Å². The Bertz CT molecular complexity index is 1340. The highest BCUT2D eigenvalue weighted by atomic mass is 35.5. The van der Waals surface area contributed by atoms with E-state index >= 15 is 0 Å². The lowest BCUT2D eigenvalue weighted by atomic mass is 9.61. The number of benzene rings is 1. The summed E-state index contributed by atoms with van der Waals surface area (Å²) >= 11 is 6.19. The van der Waals surface area contributed by atoms with Crippen LogP contribution in [0.2, 0.25) is 5.02 Å². The van der Waals surface area contributed by atoms with E-state index in [0.29, 0.717) is 28.2 Å². The fourth-order valence-electron chi connectivity index (χ4n) is 5.64. The van der Waals surface area contributed by atoms with E-state index in [9.17, 15) is 9.90 Å². The molecule has 3 aliphatic rings. The molecule has 4 aromatic rings. The largest absolute Gasteiger partial charge is 0.481 e. The van der Waals surface area contributed by atoms with Crippen LogP contribution in [0.5, 0.6) is 0 Å². The third kappa shape index (κ3) is 3.11. The summed E-state index contributed by atoms with van der Waals surface area (Å²) in [6.07, 6.45) is 7.56. The molecule has 162 valence electrons. The SMILES string of the molecule is O=C(O)[C@H]1C2CCC(CC2)[C@@H]1Nc1nc(-c2c[nH]c3ncc(Cl)cc23)nc2ccccc12. The maximum absolute atomic E-state index is 12.1. The maximum Gasteiger partial charge on any atom is 0.308 e. The summed E-state index contributed by atoms with van der Waals surface area (Å²) in [7, 11) is 0.